The standard InChI is InChI=1S/C22H16N8O12S2.2Cu.Na/c31-19-15(17(21(33)34)27-29-19)25-23-11-5-3-9(13(7-11)43(37,38)39)1-2-10-4-6-12(8-14(10)44(40,41)42)24-26-16-18(22(35)36)28-30-20(16)32;;;/h1-8,23-24H,(H,33,34)(H,35,36)(H,25,29,31)(H,26,30,32)(H,37,38,39)(H,40,41,42);;;/q;2*+2;+1/p-6. The van der Waals surface area contributed by atoms with Gasteiger partial charge in [0.15, 0.2) is 0 Å². The van der Waals surface area contributed by atoms with Crippen LogP contribution >= 0.6 is 0 Å². The Balaban J connectivity index is 0.00000368. The van der Waals surface area contributed by atoms with Gasteiger partial charge in [-0.1, -0.05) is 24.3 Å². The number of hydrazone groups is 2. The summed E-state index contributed by atoms with van der Waals surface area (Å²) in [6, 6.07) is 5.99. The minimum absolute atomic E-state index is 0. The number of carbonyl (C=O) groups is 2. The van der Waals surface area contributed by atoms with E-state index in [1.54, 1.807) is 0 Å². The first-order chi connectivity index (χ1) is 20.6. The summed E-state index contributed by atoms with van der Waals surface area (Å²) in [5.41, 5.74) is 0.0965. The monoisotopic (exact) mass is 791 g/mol. The Kier molecular flexibility index (Phi) is 14.3. The van der Waals surface area contributed by atoms with Crippen molar-refractivity contribution in [2.75, 3.05) is 10.9 Å². The van der Waals surface area contributed by atoms with Crippen LogP contribution in [0.1, 0.15) is 11.1 Å². The van der Waals surface area contributed by atoms with Gasteiger partial charge in [-0.25, -0.2) is 16.8 Å². The molecule has 2 aliphatic rings. The molecule has 25 heteroatoms. The van der Waals surface area contributed by atoms with E-state index in [-0.39, 0.29) is 86.2 Å². The summed E-state index contributed by atoms with van der Waals surface area (Å²) < 4.78 is 71.6. The number of hydrogen-bond donors (Lipinski definition) is 2. The maximum Gasteiger partial charge on any atom is 2.00 e. The van der Waals surface area contributed by atoms with Crippen LogP contribution in [0.25, 0.3) is 12.2 Å². The van der Waals surface area contributed by atoms with Crippen molar-refractivity contribution in [1.82, 2.24) is 0 Å². The first-order valence-electron chi connectivity index (χ1n) is 11.2. The van der Waals surface area contributed by atoms with Crippen LogP contribution in [0.4, 0.5) is 11.4 Å². The van der Waals surface area contributed by atoms with E-state index in [1.165, 1.54) is 0 Å². The molecular formula is C22H10Cu2N8NaO12S2-. The van der Waals surface area contributed by atoms with Gasteiger partial charge in [0.1, 0.15) is 43.1 Å². The Hall–Kier alpha value is -3.80. The fraction of sp³-hybridized carbons (Fsp3) is 0. The van der Waals surface area contributed by atoms with Gasteiger partial charge >= 0.3 is 63.7 Å². The number of carboxylic acid groups (broad SMARTS) is 2. The molecule has 0 aromatic heterocycles. The second kappa shape index (κ2) is 16.3. The maximum absolute atomic E-state index is 11.9. The van der Waals surface area contributed by atoms with Gasteiger partial charge in [0, 0.05) is 11.8 Å². The molecular weight excluding hydrogens is 783 g/mol. The van der Waals surface area contributed by atoms with Crippen LogP contribution in [-0.2, 0) is 64.0 Å². The number of carbonyl (C=O) groups excluding carboxylic acids is 2. The largest absolute Gasteiger partial charge is 2.00 e. The normalized spacial score (nSPS) is 15.9. The second-order valence-corrected chi connectivity index (χ2v) is 10.9. The van der Waals surface area contributed by atoms with Crippen molar-refractivity contribution in [2.24, 2.45) is 30.6 Å². The first-order valence-corrected chi connectivity index (χ1v) is 14.0. The fourth-order valence-corrected chi connectivity index (χ4v) is 4.79. The van der Waals surface area contributed by atoms with E-state index in [0.29, 0.717) is 0 Å². The molecule has 0 bridgehead atoms. The molecule has 0 atom stereocenters. The molecule has 2 radical (unpaired) electrons. The molecule has 0 aliphatic carbocycles. The summed E-state index contributed by atoms with van der Waals surface area (Å²) in [6.07, 6.45) is 1.97. The molecule has 2 N–H and O–H groups in total. The number of benzene rings is 2. The summed E-state index contributed by atoms with van der Waals surface area (Å²) in [5.74, 6) is -5.99. The van der Waals surface area contributed by atoms with Crippen LogP contribution in [0, 0.1) is 0 Å². The molecule has 2 aliphatic heterocycles. The number of nitrogens with one attached hydrogen (secondary N) is 2. The van der Waals surface area contributed by atoms with Gasteiger partial charge in [0.25, 0.3) is 0 Å². The average molecular weight is 793 g/mol. The molecule has 20 nitrogen and oxygen atoms in total. The van der Waals surface area contributed by atoms with Crippen LogP contribution in [0.15, 0.2) is 76.8 Å². The summed E-state index contributed by atoms with van der Waals surface area (Å²) in [5, 5.41) is 64.6. The molecule has 2 aromatic rings. The molecule has 47 heavy (non-hydrogen) atoms. The van der Waals surface area contributed by atoms with Gasteiger partial charge in [0.05, 0.1) is 33.1 Å². The summed E-state index contributed by atoms with van der Waals surface area (Å²) in [6.45, 7) is 0. The Morgan fingerprint density at radius 2 is 1.00 bits per heavy atom. The molecule has 0 fully saturated rings. The van der Waals surface area contributed by atoms with Crippen molar-refractivity contribution < 1.29 is 120 Å². The van der Waals surface area contributed by atoms with Gasteiger partial charge in [-0.05, 0) is 35.4 Å². The van der Waals surface area contributed by atoms with Crippen LogP contribution in [0.5, 0.6) is 0 Å². The van der Waals surface area contributed by atoms with E-state index in [0.717, 1.165) is 48.6 Å². The van der Waals surface area contributed by atoms with E-state index >= 15 is 0 Å². The molecule has 0 saturated heterocycles. The summed E-state index contributed by atoms with van der Waals surface area (Å²) in [4.78, 5) is 20.3. The fourth-order valence-electron chi connectivity index (χ4n) is 3.40. The van der Waals surface area contributed by atoms with E-state index in [4.69, 9.17) is 0 Å². The first kappa shape index (κ1) is 41.2. The average Bonchev–Trinajstić information content (AvgIpc) is 3.50. The zero-order valence-electron chi connectivity index (χ0n) is 22.6. The third-order valence-corrected chi connectivity index (χ3v) is 7.11. The minimum atomic E-state index is -5.21. The zero-order valence-corrected chi connectivity index (χ0v) is 28.1. The summed E-state index contributed by atoms with van der Waals surface area (Å²) >= 11 is 0. The molecule has 4 rings (SSSR count). The van der Waals surface area contributed by atoms with Gasteiger partial charge in [-0.15, -0.1) is 10.2 Å². The Labute approximate surface area is 306 Å². The number of nitrogens with zero attached hydrogens (tertiary/aromatic N) is 6. The third kappa shape index (κ3) is 9.85. The topological polar surface area (TPSA) is 339 Å². The van der Waals surface area contributed by atoms with Crippen molar-refractivity contribution in [3.05, 3.63) is 47.5 Å². The molecule has 0 spiro atoms. The number of hydrogen-bond acceptors (Lipinski definition) is 20. The molecule has 2 aromatic carbocycles. The van der Waals surface area contributed by atoms with Gasteiger partial charge in [0.2, 0.25) is 0 Å². The maximum atomic E-state index is 11.9. The molecule has 2 heterocycles. The SMILES string of the molecule is O=C([O-])C1=NN=C([O-])C1=NNc1ccc(C=Cc2ccc(NN=C3C([O-])=NN=C3C(=O)[O-])cc2S(=O)(=O)[O-])c(S(=O)(=O)[O-])c1.[Cu+2].[Cu+2].[Na+]. The van der Waals surface area contributed by atoms with Gasteiger partial charge < -0.3 is 39.1 Å². The van der Waals surface area contributed by atoms with Crippen LogP contribution in [0.3, 0.4) is 0 Å². The van der Waals surface area contributed by atoms with Crippen LogP contribution in [-0.4, -0.2) is 72.5 Å². The van der Waals surface area contributed by atoms with Gasteiger partial charge in [-0.2, -0.15) is 20.4 Å². The minimum Gasteiger partial charge on any atom is -0.856 e. The van der Waals surface area contributed by atoms with Gasteiger partial charge in [-0.3, -0.25) is 10.9 Å². The van der Waals surface area contributed by atoms with Crippen molar-refractivity contribution in [3.8, 4) is 0 Å². The summed E-state index contributed by atoms with van der Waals surface area (Å²) in [7, 11) is -10.4. The van der Waals surface area contributed by atoms with E-state index < -0.39 is 76.6 Å². The molecule has 0 unspecified atom stereocenters. The number of aliphatic carboxylic acids is 2. The quantitative estimate of drug-likeness (QED) is 0.0977. The van der Waals surface area contributed by atoms with Crippen molar-refractivity contribution in [1.29, 1.82) is 0 Å². The Bertz CT molecular complexity index is 1920. The predicted molar refractivity (Wildman–Crippen MR) is 140 cm³/mol. The van der Waals surface area contributed by atoms with E-state index in [9.17, 15) is 56.0 Å². The Morgan fingerprint density at radius 1 is 0.660 bits per heavy atom. The zero-order chi connectivity index (χ0) is 32.4. The number of carboxylic acids is 2. The number of rotatable bonds is 10. The predicted octanol–water partition coefficient (Wildman–Crippen LogP) is -8.04. The van der Waals surface area contributed by atoms with Crippen LogP contribution < -0.4 is 60.8 Å². The molecule has 0 saturated carbocycles. The smallest absolute Gasteiger partial charge is 0.856 e. The van der Waals surface area contributed by atoms with Crippen molar-refractivity contribution >= 4 is 90.3 Å². The van der Waals surface area contributed by atoms with Crippen molar-refractivity contribution in [2.45, 2.75) is 9.79 Å². The third-order valence-electron chi connectivity index (χ3n) is 5.32. The number of anilines is 2. The van der Waals surface area contributed by atoms with Crippen molar-refractivity contribution in [3.63, 3.8) is 0 Å². The molecule has 246 valence electrons. The second-order valence-electron chi connectivity index (χ2n) is 8.17. The van der Waals surface area contributed by atoms with Crippen LogP contribution in [0.2, 0.25) is 0 Å². The van der Waals surface area contributed by atoms with E-state index in [2.05, 4.69) is 41.5 Å². The molecule has 0 amide bonds. The Morgan fingerprint density at radius 3 is 1.30 bits per heavy atom. The van der Waals surface area contributed by atoms with E-state index in [1.807, 2.05) is 0 Å².